The lowest BCUT2D eigenvalue weighted by atomic mass is 10.1. The van der Waals surface area contributed by atoms with Gasteiger partial charge in [-0.05, 0) is 38.4 Å². The van der Waals surface area contributed by atoms with Gasteiger partial charge in [-0.1, -0.05) is 12.1 Å². The highest BCUT2D eigenvalue weighted by Gasteiger charge is 2.25. The molecule has 0 bridgehead atoms. The Labute approximate surface area is 144 Å². The van der Waals surface area contributed by atoms with E-state index in [-0.39, 0.29) is 6.04 Å². The van der Waals surface area contributed by atoms with E-state index in [1.54, 1.807) is 0 Å². The number of aromatic nitrogens is 2. The quantitative estimate of drug-likeness (QED) is 0.859. The van der Waals surface area contributed by atoms with Gasteiger partial charge in [-0.2, -0.15) is 0 Å². The molecule has 0 radical (unpaired) electrons. The normalized spacial score (nSPS) is 19.0. The Morgan fingerprint density at radius 1 is 0.708 bits per heavy atom. The predicted octanol–water partition coefficient (Wildman–Crippen LogP) is 1.75. The molecule has 0 amide bonds. The second-order valence-electron chi connectivity index (χ2n) is 6.55. The number of nitrogens with zero attached hydrogens (tertiary/aromatic N) is 5. The van der Waals surface area contributed by atoms with Gasteiger partial charge >= 0.3 is 0 Å². The van der Waals surface area contributed by atoms with Crippen molar-refractivity contribution in [2.24, 2.45) is 0 Å². The van der Waals surface area contributed by atoms with Crippen LogP contribution >= 0.6 is 0 Å². The average molecular weight is 325 g/mol. The third kappa shape index (κ3) is 4.38. The number of hydrogen-bond donors (Lipinski definition) is 0. The zero-order valence-electron chi connectivity index (χ0n) is 14.7. The molecule has 3 heterocycles. The van der Waals surface area contributed by atoms with Crippen molar-refractivity contribution in [1.82, 2.24) is 24.7 Å². The standard InChI is InChI=1S/C19H27N5/c1-22-11-12-23(2)14-16-24(15-13-22)19(17-7-3-5-9-20-17)18-8-4-6-10-21-18/h3-10,19H,11-16H2,1-2H3. The van der Waals surface area contributed by atoms with E-state index in [2.05, 4.69) is 63.0 Å². The first-order valence-corrected chi connectivity index (χ1v) is 8.67. The van der Waals surface area contributed by atoms with Gasteiger partial charge in [0.15, 0.2) is 0 Å². The summed E-state index contributed by atoms with van der Waals surface area (Å²) in [6.07, 6.45) is 3.75. The molecule has 128 valence electrons. The molecule has 5 heteroatoms. The van der Waals surface area contributed by atoms with E-state index in [9.17, 15) is 0 Å². The van der Waals surface area contributed by atoms with Gasteiger partial charge in [0.1, 0.15) is 0 Å². The fourth-order valence-corrected chi connectivity index (χ4v) is 3.13. The van der Waals surface area contributed by atoms with Gasteiger partial charge in [0.05, 0.1) is 17.4 Å². The molecule has 0 saturated carbocycles. The van der Waals surface area contributed by atoms with Crippen LogP contribution in [-0.4, -0.2) is 78.0 Å². The Balaban J connectivity index is 1.91. The molecule has 1 fully saturated rings. The van der Waals surface area contributed by atoms with E-state index < -0.39 is 0 Å². The second-order valence-corrected chi connectivity index (χ2v) is 6.55. The summed E-state index contributed by atoms with van der Waals surface area (Å²) in [6.45, 7) is 6.38. The average Bonchev–Trinajstić information content (AvgIpc) is 2.70. The van der Waals surface area contributed by atoms with Gasteiger partial charge in [0, 0.05) is 51.7 Å². The van der Waals surface area contributed by atoms with E-state index in [0.717, 1.165) is 50.7 Å². The van der Waals surface area contributed by atoms with Crippen LogP contribution in [0.3, 0.4) is 0 Å². The molecule has 2 aromatic heterocycles. The van der Waals surface area contributed by atoms with Gasteiger partial charge in [-0.3, -0.25) is 14.9 Å². The molecule has 0 N–H and O–H groups in total. The first kappa shape index (κ1) is 17.0. The molecule has 5 nitrogen and oxygen atoms in total. The summed E-state index contributed by atoms with van der Waals surface area (Å²) < 4.78 is 0. The monoisotopic (exact) mass is 325 g/mol. The van der Waals surface area contributed by atoms with Crippen LogP contribution in [0.2, 0.25) is 0 Å². The molecule has 0 aliphatic carbocycles. The maximum Gasteiger partial charge on any atom is 0.0950 e. The van der Waals surface area contributed by atoms with Gasteiger partial charge in [0.2, 0.25) is 0 Å². The van der Waals surface area contributed by atoms with Crippen LogP contribution in [0.15, 0.2) is 48.8 Å². The second kappa shape index (κ2) is 8.33. The predicted molar refractivity (Wildman–Crippen MR) is 96.9 cm³/mol. The maximum atomic E-state index is 4.64. The van der Waals surface area contributed by atoms with Gasteiger partial charge in [0.25, 0.3) is 0 Å². The van der Waals surface area contributed by atoms with E-state index >= 15 is 0 Å². The smallest absolute Gasteiger partial charge is 0.0950 e. The summed E-state index contributed by atoms with van der Waals surface area (Å²) in [5, 5.41) is 0. The minimum Gasteiger partial charge on any atom is -0.304 e. The fourth-order valence-electron chi connectivity index (χ4n) is 3.13. The van der Waals surface area contributed by atoms with Crippen molar-refractivity contribution in [2.45, 2.75) is 6.04 Å². The zero-order chi connectivity index (χ0) is 16.8. The first-order valence-electron chi connectivity index (χ1n) is 8.67. The van der Waals surface area contributed by atoms with Crippen LogP contribution in [0.1, 0.15) is 17.4 Å². The Kier molecular flexibility index (Phi) is 5.91. The fraction of sp³-hybridized carbons (Fsp3) is 0.474. The van der Waals surface area contributed by atoms with Crippen LogP contribution in [0, 0.1) is 0 Å². The minimum atomic E-state index is 0.104. The van der Waals surface area contributed by atoms with Crippen LogP contribution < -0.4 is 0 Å². The Bertz CT molecular complexity index is 550. The summed E-state index contributed by atoms with van der Waals surface area (Å²) in [5.74, 6) is 0. The molecule has 3 rings (SSSR count). The van der Waals surface area contributed by atoms with Crippen LogP contribution in [-0.2, 0) is 0 Å². The molecule has 0 atom stereocenters. The molecular weight excluding hydrogens is 298 g/mol. The summed E-state index contributed by atoms with van der Waals surface area (Å²) in [7, 11) is 4.40. The SMILES string of the molecule is CN1CCN(C)CCN(C(c2ccccn2)c2ccccn2)CC1. The largest absolute Gasteiger partial charge is 0.304 e. The third-order valence-corrected chi connectivity index (χ3v) is 4.70. The lowest BCUT2D eigenvalue weighted by Gasteiger charge is -2.32. The van der Waals surface area contributed by atoms with Gasteiger partial charge in [-0.25, -0.2) is 0 Å². The van der Waals surface area contributed by atoms with E-state index in [0.29, 0.717) is 0 Å². The molecule has 1 saturated heterocycles. The maximum absolute atomic E-state index is 4.64. The highest BCUT2D eigenvalue weighted by molar-refractivity contribution is 5.22. The van der Waals surface area contributed by atoms with E-state index in [4.69, 9.17) is 0 Å². The number of hydrogen-bond acceptors (Lipinski definition) is 5. The summed E-state index contributed by atoms with van der Waals surface area (Å²) >= 11 is 0. The molecular formula is C19H27N5. The van der Waals surface area contributed by atoms with E-state index in [1.807, 2.05) is 24.5 Å². The van der Waals surface area contributed by atoms with Crippen molar-refractivity contribution in [3.63, 3.8) is 0 Å². The Morgan fingerprint density at radius 3 is 1.58 bits per heavy atom. The Hall–Kier alpha value is -1.82. The van der Waals surface area contributed by atoms with Gasteiger partial charge < -0.3 is 9.80 Å². The molecule has 0 aromatic carbocycles. The highest BCUT2D eigenvalue weighted by atomic mass is 15.3. The molecule has 0 spiro atoms. The molecule has 1 aliphatic rings. The van der Waals surface area contributed by atoms with Crippen LogP contribution in [0.25, 0.3) is 0 Å². The minimum absolute atomic E-state index is 0.104. The molecule has 1 aliphatic heterocycles. The van der Waals surface area contributed by atoms with Crippen molar-refractivity contribution in [3.05, 3.63) is 60.2 Å². The van der Waals surface area contributed by atoms with Crippen molar-refractivity contribution in [2.75, 3.05) is 53.4 Å². The summed E-state index contributed by atoms with van der Waals surface area (Å²) in [4.78, 5) is 16.6. The Morgan fingerprint density at radius 2 is 1.17 bits per heavy atom. The zero-order valence-corrected chi connectivity index (χ0v) is 14.7. The lowest BCUT2D eigenvalue weighted by Crippen LogP contribution is -2.38. The lowest BCUT2D eigenvalue weighted by molar-refractivity contribution is 0.191. The van der Waals surface area contributed by atoms with Crippen molar-refractivity contribution >= 4 is 0 Å². The van der Waals surface area contributed by atoms with Crippen LogP contribution in [0.4, 0.5) is 0 Å². The molecule has 24 heavy (non-hydrogen) atoms. The van der Waals surface area contributed by atoms with Crippen molar-refractivity contribution in [3.8, 4) is 0 Å². The number of pyridine rings is 2. The third-order valence-electron chi connectivity index (χ3n) is 4.70. The topological polar surface area (TPSA) is 35.5 Å². The summed E-state index contributed by atoms with van der Waals surface area (Å²) in [6, 6.07) is 12.4. The molecule has 2 aromatic rings. The van der Waals surface area contributed by atoms with Crippen molar-refractivity contribution < 1.29 is 0 Å². The van der Waals surface area contributed by atoms with E-state index in [1.165, 1.54) is 0 Å². The van der Waals surface area contributed by atoms with Crippen LogP contribution in [0.5, 0.6) is 0 Å². The molecule has 0 unspecified atom stereocenters. The summed E-state index contributed by atoms with van der Waals surface area (Å²) in [5.41, 5.74) is 2.14. The van der Waals surface area contributed by atoms with Gasteiger partial charge in [-0.15, -0.1) is 0 Å². The highest BCUT2D eigenvalue weighted by Crippen LogP contribution is 2.25. The number of likely N-dealkylation sites (N-methyl/N-ethyl adjacent to an activating group) is 2. The van der Waals surface area contributed by atoms with Crippen molar-refractivity contribution in [1.29, 1.82) is 0 Å². The number of rotatable bonds is 3. The first-order chi connectivity index (χ1) is 11.7.